The van der Waals surface area contributed by atoms with Crippen LogP contribution in [0.3, 0.4) is 0 Å². The Labute approximate surface area is 190 Å². The number of hydrogen-bond donors (Lipinski definition) is 1. The van der Waals surface area contributed by atoms with E-state index in [9.17, 15) is 10.1 Å². The monoisotopic (exact) mass is 445 g/mol. The van der Waals surface area contributed by atoms with Crippen LogP contribution in [-0.2, 0) is 18.7 Å². The van der Waals surface area contributed by atoms with Crippen LogP contribution in [0.1, 0.15) is 22.3 Å². The van der Waals surface area contributed by atoms with Crippen molar-refractivity contribution in [2.75, 3.05) is 11.4 Å². The highest BCUT2D eigenvalue weighted by Gasteiger charge is 2.23. The van der Waals surface area contributed by atoms with Crippen LogP contribution in [0.2, 0.25) is 0 Å². The molecule has 0 aliphatic carbocycles. The van der Waals surface area contributed by atoms with Crippen LogP contribution >= 0.6 is 11.8 Å². The standard InChI is InChI=1S/C24H23N5O2S/c25-24(32-17-18-6-2-1-3-7-18)27-26-15-19-10-11-22(23(14-19)29(30)31)28-13-12-20-8-4-5-9-21(20)16-28/h1-11,14-15H,12-13,16-17H2,(H2,25,27). The van der Waals surface area contributed by atoms with Crippen molar-refractivity contribution in [2.45, 2.75) is 18.7 Å². The number of thioether (sulfide) groups is 1. The van der Waals surface area contributed by atoms with Crippen molar-refractivity contribution in [3.05, 3.63) is 105 Å². The molecular formula is C24H23N5O2S. The average Bonchev–Trinajstić information content (AvgIpc) is 2.83. The maximum Gasteiger partial charge on any atom is 0.293 e. The Hall–Kier alpha value is -3.65. The molecule has 3 aromatic rings. The fourth-order valence-corrected chi connectivity index (χ4v) is 4.26. The molecule has 4 rings (SSSR count). The molecule has 0 aromatic heterocycles. The lowest BCUT2D eigenvalue weighted by molar-refractivity contribution is -0.384. The Morgan fingerprint density at radius 3 is 2.62 bits per heavy atom. The smallest absolute Gasteiger partial charge is 0.293 e. The number of nitrogens with two attached hydrogens (primary N) is 1. The van der Waals surface area contributed by atoms with Crippen LogP contribution in [0.4, 0.5) is 11.4 Å². The molecule has 0 fully saturated rings. The van der Waals surface area contributed by atoms with Gasteiger partial charge in [-0.15, -0.1) is 5.10 Å². The van der Waals surface area contributed by atoms with Gasteiger partial charge in [0.1, 0.15) is 5.69 Å². The number of nitrogens with zero attached hydrogens (tertiary/aromatic N) is 4. The molecule has 0 atom stereocenters. The normalized spacial score (nSPS) is 13.9. The van der Waals surface area contributed by atoms with Gasteiger partial charge >= 0.3 is 0 Å². The third-order valence-electron chi connectivity index (χ3n) is 5.26. The van der Waals surface area contributed by atoms with E-state index < -0.39 is 0 Å². The minimum atomic E-state index is -0.347. The molecule has 0 unspecified atom stereocenters. The summed E-state index contributed by atoms with van der Waals surface area (Å²) in [5, 5.41) is 20.1. The number of anilines is 1. The highest BCUT2D eigenvalue weighted by Crippen LogP contribution is 2.32. The highest BCUT2D eigenvalue weighted by atomic mass is 32.2. The Morgan fingerprint density at radius 1 is 1.09 bits per heavy atom. The predicted octanol–water partition coefficient (Wildman–Crippen LogP) is 4.74. The Balaban J connectivity index is 1.45. The van der Waals surface area contributed by atoms with Crippen LogP contribution in [0.25, 0.3) is 0 Å². The molecule has 162 valence electrons. The number of fused-ring (bicyclic) bond motifs is 1. The van der Waals surface area contributed by atoms with E-state index in [-0.39, 0.29) is 10.6 Å². The van der Waals surface area contributed by atoms with E-state index in [1.165, 1.54) is 35.2 Å². The van der Waals surface area contributed by atoms with E-state index >= 15 is 0 Å². The summed E-state index contributed by atoms with van der Waals surface area (Å²) in [7, 11) is 0. The van der Waals surface area contributed by atoms with Crippen molar-refractivity contribution in [2.24, 2.45) is 15.9 Å². The van der Waals surface area contributed by atoms with E-state index in [1.54, 1.807) is 6.07 Å². The first-order valence-electron chi connectivity index (χ1n) is 10.2. The first kappa shape index (κ1) is 21.6. The minimum absolute atomic E-state index is 0.0590. The van der Waals surface area contributed by atoms with Gasteiger partial charge in [0, 0.05) is 30.5 Å². The Kier molecular flexibility index (Phi) is 6.81. The summed E-state index contributed by atoms with van der Waals surface area (Å²) in [6.07, 6.45) is 2.35. The van der Waals surface area contributed by atoms with Gasteiger partial charge in [-0.3, -0.25) is 10.1 Å². The third kappa shape index (κ3) is 5.33. The van der Waals surface area contributed by atoms with Gasteiger partial charge in [-0.1, -0.05) is 72.4 Å². The SMILES string of the molecule is NC(=NN=Cc1ccc(N2CCc3ccccc3C2)c([N+](=O)[O-])c1)SCc1ccccc1. The fraction of sp³-hybridized carbons (Fsp3) is 0.167. The third-order valence-corrected chi connectivity index (χ3v) is 6.12. The molecule has 1 aliphatic heterocycles. The first-order valence-corrected chi connectivity index (χ1v) is 11.2. The highest BCUT2D eigenvalue weighted by molar-refractivity contribution is 8.13. The number of hydrogen-bond acceptors (Lipinski definition) is 6. The summed E-state index contributed by atoms with van der Waals surface area (Å²) in [6.45, 7) is 1.40. The van der Waals surface area contributed by atoms with Gasteiger partial charge in [-0.25, -0.2) is 0 Å². The molecule has 1 heterocycles. The van der Waals surface area contributed by atoms with Gasteiger partial charge in [0.2, 0.25) is 0 Å². The Morgan fingerprint density at radius 2 is 1.84 bits per heavy atom. The topological polar surface area (TPSA) is 97.1 Å². The zero-order valence-corrected chi connectivity index (χ0v) is 18.2. The number of benzene rings is 3. The molecule has 8 heteroatoms. The van der Waals surface area contributed by atoms with Crippen molar-refractivity contribution < 1.29 is 4.92 Å². The van der Waals surface area contributed by atoms with E-state index in [2.05, 4.69) is 27.2 Å². The second-order valence-electron chi connectivity index (χ2n) is 7.40. The number of rotatable bonds is 6. The van der Waals surface area contributed by atoms with Gasteiger partial charge in [0.25, 0.3) is 5.69 Å². The van der Waals surface area contributed by atoms with Crippen molar-refractivity contribution >= 4 is 34.5 Å². The molecular weight excluding hydrogens is 422 g/mol. The summed E-state index contributed by atoms with van der Waals surface area (Å²) in [5.74, 6) is 0.699. The van der Waals surface area contributed by atoms with Crippen LogP contribution in [-0.4, -0.2) is 22.9 Å². The van der Waals surface area contributed by atoms with Crippen molar-refractivity contribution in [3.8, 4) is 0 Å². The van der Waals surface area contributed by atoms with Gasteiger partial charge in [-0.2, -0.15) is 5.10 Å². The quantitative estimate of drug-likeness (QED) is 0.256. The molecule has 0 amide bonds. The molecule has 1 aliphatic rings. The molecule has 2 N–H and O–H groups in total. The van der Waals surface area contributed by atoms with Crippen molar-refractivity contribution in [3.63, 3.8) is 0 Å². The zero-order chi connectivity index (χ0) is 22.3. The molecule has 0 spiro atoms. The average molecular weight is 446 g/mol. The van der Waals surface area contributed by atoms with E-state index in [4.69, 9.17) is 5.73 Å². The lowest BCUT2D eigenvalue weighted by atomic mass is 9.99. The lowest BCUT2D eigenvalue weighted by Gasteiger charge is -2.30. The first-order chi connectivity index (χ1) is 15.6. The van der Waals surface area contributed by atoms with Crippen LogP contribution in [0.15, 0.2) is 83.0 Å². The Bertz CT molecular complexity index is 1160. The van der Waals surface area contributed by atoms with Crippen molar-refractivity contribution in [1.82, 2.24) is 0 Å². The minimum Gasteiger partial charge on any atom is -0.377 e. The molecule has 0 radical (unpaired) electrons. The second kappa shape index (κ2) is 10.1. The largest absolute Gasteiger partial charge is 0.377 e. The predicted molar refractivity (Wildman–Crippen MR) is 131 cm³/mol. The van der Waals surface area contributed by atoms with Crippen molar-refractivity contribution in [1.29, 1.82) is 0 Å². The van der Waals surface area contributed by atoms with Crippen LogP contribution in [0.5, 0.6) is 0 Å². The summed E-state index contributed by atoms with van der Waals surface area (Å²) >= 11 is 1.39. The maximum atomic E-state index is 11.7. The van der Waals surface area contributed by atoms with Crippen LogP contribution in [0, 0.1) is 10.1 Å². The molecule has 0 saturated carbocycles. The lowest BCUT2D eigenvalue weighted by Crippen LogP contribution is -2.30. The molecule has 0 bridgehead atoms. The van der Waals surface area contributed by atoms with Gasteiger partial charge in [0.15, 0.2) is 5.17 Å². The summed E-state index contributed by atoms with van der Waals surface area (Å²) < 4.78 is 0. The van der Waals surface area contributed by atoms with E-state index in [0.717, 1.165) is 18.5 Å². The molecule has 0 saturated heterocycles. The van der Waals surface area contributed by atoms with Crippen LogP contribution < -0.4 is 10.6 Å². The van der Waals surface area contributed by atoms with Gasteiger partial charge in [0.05, 0.1) is 11.1 Å². The number of amidine groups is 1. The molecule has 3 aromatic carbocycles. The maximum absolute atomic E-state index is 11.7. The summed E-state index contributed by atoms with van der Waals surface area (Å²) in [5.41, 5.74) is 10.8. The molecule has 32 heavy (non-hydrogen) atoms. The summed E-state index contributed by atoms with van der Waals surface area (Å²) in [4.78, 5) is 13.5. The van der Waals surface area contributed by atoms with E-state index in [1.807, 2.05) is 48.5 Å². The van der Waals surface area contributed by atoms with Gasteiger partial charge in [-0.05, 0) is 29.2 Å². The fourth-order valence-electron chi connectivity index (χ4n) is 3.65. The second-order valence-corrected chi connectivity index (χ2v) is 8.40. The summed E-state index contributed by atoms with van der Waals surface area (Å²) in [6, 6.07) is 23.3. The van der Waals surface area contributed by atoms with Gasteiger partial charge < -0.3 is 10.6 Å². The molecule has 7 nitrogen and oxygen atoms in total. The van der Waals surface area contributed by atoms with E-state index in [0.29, 0.717) is 28.7 Å². The number of nitro benzene ring substituents is 1. The zero-order valence-electron chi connectivity index (χ0n) is 17.4. The number of nitro groups is 1.